The van der Waals surface area contributed by atoms with Crippen LogP contribution < -0.4 is 11.1 Å². The number of rotatable bonds is 5. The third-order valence-corrected chi connectivity index (χ3v) is 2.40. The van der Waals surface area contributed by atoms with E-state index >= 15 is 0 Å². The Hall–Kier alpha value is -2.24. The van der Waals surface area contributed by atoms with E-state index in [-0.39, 0.29) is 6.42 Å². The van der Waals surface area contributed by atoms with Crippen LogP contribution in [0.25, 0.3) is 0 Å². The number of hydrogen-bond donors (Lipinski definition) is 2. The summed E-state index contributed by atoms with van der Waals surface area (Å²) in [6.45, 7) is 5.25. The van der Waals surface area contributed by atoms with Crippen LogP contribution in [0.1, 0.15) is 23.7 Å². The first kappa shape index (κ1) is 14.8. The van der Waals surface area contributed by atoms with E-state index in [4.69, 9.17) is 5.73 Å². The Morgan fingerprint density at radius 1 is 1.42 bits per heavy atom. The van der Waals surface area contributed by atoms with Gasteiger partial charge in [0.15, 0.2) is 11.6 Å². The fraction of sp³-hybridized carbons (Fsp3) is 0.231. The zero-order valence-corrected chi connectivity index (χ0v) is 10.4. The van der Waals surface area contributed by atoms with Gasteiger partial charge < -0.3 is 11.1 Å². The fourth-order valence-electron chi connectivity index (χ4n) is 1.49. The molecule has 1 aromatic carbocycles. The van der Waals surface area contributed by atoms with Crippen molar-refractivity contribution in [1.29, 1.82) is 0 Å². The summed E-state index contributed by atoms with van der Waals surface area (Å²) in [6.07, 6.45) is 0.137. The van der Waals surface area contributed by atoms with Crippen LogP contribution >= 0.6 is 0 Å². The van der Waals surface area contributed by atoms with Gasteiger partial charge in [-0.1, -0.05) is 11.6 Å². The van der Waals surface area contributed by atoms with Gasteiger partial charge in [0, 0.05) is 0 Å². The van der Waals surface area contributed by atoms with Crippen molar-refractivity contribution in [2.75, 3.05) is 0 Å². The Kier molecular flexibility index (Phi) is 4.74. The van der Waals surface area contributed by atoms with Crippen LogP contribution in [0.15, 0.2) is 30.4 Å². The van der Waals surface area contributed by atoms with Crippen molar-refractivity contribution in [1.82, 2.24) is 5.32 Å². The lowest BCUT2D eigenvalue weighted by atomic mass is 10.1. The molecule has 1 rings (SSSR count). The normalized spacial score (nSPS) is 11.7. The maximum absolute atomic E-state index is 13.4. The second-order valence-electron chi connectivity index (χ2n) is 4.19. The molecule has 0 bridgehead atoms. The molecule has 2 amide bonds. The van der Waals surface area contributed by atoms with E-state index in [1.54, 1.807) is 6.92 Å². The van der Waals surface area contributed by atoms with Crippen molar-refractivity contribution in [2.24, 2.45) is 5.73 Å². The van der Waals surface area contributed by atoms with Gasteiger partial charge in [-0.3, -0.25) is 9.59 Å². The third-order valence-electron chi connectivity index (χ3n) is 2.40. The average molecular weight is 268 g/mol. The molecule has 0 fully saturated rings. The van der Waals surface area contributed by atoms with Crippen LogP contribution in [-0.2, 0) is 4.79 Å². The number of nitrogens with two attached hydrogens (primary N) is 1. The lowest BCUT2D eigenvalue weighted by Gasteiger charge is -2.15. The average Bonchev–Trinajstić information content (AvgIpc) is 2.31. The molecule has 19 heavy (non-hydrogen) atoms. The molecular formula is C13H14F2N2O2. The van der Waals surface area contributed by atoms with Gasteiger partial charge >= 0.3 is 0 Å². The van der Waals surface area contributed by atoms with Crippen LogP contribution in [0.5, 0.6) is 0 Å². The maximum atomic E-state index is 13.4. The standard InChI is InChI=1S/C13H14F2N2O2/c1-7(2)6-10(12(16)18)17-13(19)8-4-3-5-9(14)11(8)15/h3-5,10H,1,6H2,2H3,(H2,16,18)(H,17,19)/t10-/m1/s1. The molecule has 3 N–H and O–H groups in total. The maximum Gasteiger partial charge on any atom is 0.255 e. The van der Waals surface area contributed by atoms with E-state index in [0.29, 0.717) is 5.57 Å². The first-order valence-corrected chi connectivity index (χ1v) is 5.51. The van der Waals surface area contributed by atoms with E-state index in [0.717, 1.165) is 12.1 Å². The highest BCUT2D eigenvalue weighted by atomic mass is 19.2. The van der Waals surface area contributed by atoms with Crippen molar-refractivity contribution >= 4 is 11.8 Å². The molecule has 0 unspecified atom stereocenters. The molecule has 0 saturated carbocycles. The Balaban J connectivity index is 2.91. The molecule has 0 aliphatic carbocycles. The lowest BCUT2D eigenvalue weighted by Crippen LogP contribution is -2.44. The topological polar surface area (TPSA) is 72.2 Å². The largest absolute Gasteiger partial charge is 0.368 e. The van der Waals surface area contributed by atoms with E-state index in [1.807, 2.05) is 0 Å². The van der Waals surface area contributed by atoms with Gasteiger partial charge in [-0.25, -0.2) is 8.78 Å². The minimum absolute atomic E-state index is 0.137. The number of amides is 2. The smallest absolute Gasteiger partial charge is 0.255 e. The Morgan fingerprint density at radius 2 is 2.05 bits per heavy atom. The number of carbonyl (C=O) groups is 2. The Labute approximate surface area is 109 Å². The zero-order valence-electron chi connectivity index (χ0n) is 10.4. The lowest BCUT2D eigenvalue weighted by molar-refractivity contribution is -0.119. The summed E-state index contributed by atoms with van der Waals surface area (Å²) < 4.78 is 26.4. The molecule has 6 heteroatoms. The minimum Gasteiger partial charge on any atom is -0.368 e. The van der Waals surface area contributed by atoms with Crippen molar-refractivity contribution in [2.45, 2.75) is 19.4 Å². The van der Waals surface area contributed by atoms with E-state index in [2.05, 4.69) is 11.9 Å². The summed E-state index contributed by atoms with van der Waals surface area (Å²) in [5.74, 6) is -4.07. The molecule has 0 saturated heterocycles. The summed E-state index contributed by atoms with van der Waals surface area (Å²) in [5, 5.41) is 2.25. The predicted molar refractivity (Wildman–Crippen MR) is 66.2 cm³/mol. The molecule has 0 heterocycles. The van der Waals surface area contributed by atoms with Crippen LogP contribution in [-0.4, -0.2) is 17.9 Å². The highest BCUT2D eigenvalue weighted by Gasteiger charge is 2.21. The molecular weight excluding hydrogens is 254 g/mol. The van der Waals surface area contributed by atoms with E-state index < -0.39 is 35.1 Å². The molecule has 0 radical (unpaired) electrons. The molecule has 0 aromatic heterocycles. The zero-order chi connectivity index (χ0) is 14.6. The number of hydrogen-bond acceptors (Lipinski definition) is 2. The SMILES string of the molecule is C=C(C)C[C@@H](NC(=O)c1cccc(F)c1F)C(N)=O. The summed E-state index contributed by atoms with van der Waals surface area (Å²) in [5.41, 5.74) is 5.27. The molecule has 1 aromatic rings. The van der Waals surface area contributed by atoms with E-state index in [9.17, 15) is 18.4 Å². The van der Waals surface area contributed by atoms with Crippen molar-refractivity contribution in [3.8, 4) is 0 Å². The van der Waals surface area contributed by atoms with Crippen LogP contribution in [0.2, 0.25) is 0 Å². The number of nitrogens with one attached hydrogen (secondary N) is 1. The number of benzene rings is 1. The van der Waals surface area contributed by atoms with Gasteiger partial charge in [-0.05, 0) is 25.5 Å². The summed E-state index contributed by atoms with van der Waals surface area (Å²) in [4.78, 5) is 22.9. The Bertz CT molecular complexity index is 529. The van der Waals surface area contributed by atoms with Gasteiger partial charge in [0.25, 0.3) is 5.91 Å². The fourth-order valence-corrected chi connectivity index (χ4v) is 1.49. The molecule has 102 valence electrons. The molecule has 4 nitrogen and oxygen atoms in total. The van der Waals surface area contributed by atoms with Gasteiger partial charge in [0.1, 0.15) is 6.04 Å². The van der Waals surface area contributed by atoms with E-state index in [1.165, 1.54) is 6.07 Å². The van der Waals surface area contributed by atoms with Crippen molar-refractivity contribution < 1.29 is 18.4 Å². The summed E-state index contributed by atoms with van der Waals surface area (Å²) in [6, 6.07) is 2.21. The second-order valence-corrected chi connectivity index (χ2v) is 4.19. The van der Waals surface area contributed by atoms with Crippen LogP contribution in [0.3, 0.4) is 0 Å². The van der Waals surface area contributed by atoms with Gasteiger partial charge in [0.05, 0.1) is 5.56 Å². The highest BCUT2D eigenvalue weighted by Crippen LogP contribution is 2.12. The molecule has 0 aliphatic heterocycles. The number of halogens is 2. The monoisotopic (exact) mass is 268 g/mol. The van der Waals surface area contributed by atoms with Gasteiger partial charge in [-0.2, -0.15) is 0 Å². The molecule has 0 aliphatic rings. The van der Waals surface area contributed by atoms with Crippen LogP contribution in [0, 0.1) is 11.6 Å². The number of carbonyl (C=O) groups excluding carboxylic acids is 2. The Morgan fingerprint density at radius 3 is 2.58 bits per heavy atom. The summed E-state index contributed by atoms with van der Waals surface area (Å²) >= 11 is 0. The minimum atomic E-state index is -1.27. The first-order chi connectivity index (χ1) is 8.82. The molecule has 0 spiro atoms. The summed E-state index contributed by atoms with van der Waals surface area (Å²) in [7, 11) is 0. The quantitative estimate of drug-likeness (QED) is 0.795. The van der Waals surface area contributed by atoms with Gasteiger partial charge in [-0.15, -0.1) is 6.58 Å². The third kappa shape index (κ3) is 3.87. The number of primary amides is 1. The van der Waals surface area contributed by atoms with Crippen molar-refractivity contribution in [3.63, 3.8) is 0 Å². The van der Waals surface area contributed by atoms with Crippen molar-refractivity contribution in [3.05, 3.63) is 47.5 Å². The molecule has 1 atom stereocenters. The first-order valence-electron chi connectivity index (χ1n) is 5.51. The van der Waals surface area contributed by atoms with Gasteiger partial charge in [0.2, 0.25) is 5.91 Å². The second kappa shape index (κ2) is 6.08. The predicted octanol–water partition coefficient (Wildman–Crippen LogP) is 1.51. The highest BCUT2D eigenvalue weighted by molar-refractivity contribution is 5.97. The van der Waals surface area contributed by atoms with Crippen LogP contribution in [0.4, 0.5) is 8.78 Å².